The van der Waals surface area contributed by atoms with Crippen LogP contribution in [-0.2, 0) is 0 Å². The largest absolute Gasteiger partial charge is 0.0683 e. The summed E-state index contributed by atoms with van der Waals surface area (Å²) in [7, 11) is -0.0731. The maximum absolute atomic E-state index is 2.33. The third-order valence-corrected chi connectivity index (χ3v) is 3.52. The SMILES string of the molecule is CC.CC(C)(C)[SiH2]c1ccccc1. The van der Waals surface area contributed by atoms with Crippen LogP contribution in [0.2, 0.25) is 5.04 Å². The first-order valence-electron chi connectivity index (χ1n) is 5.12. The van der Waals surface area contributed by atoms with Gasteiger partial charge >= 0.3 is 0 Å². The Morgan fingerprint density at radius 2 is 1.38 bits per heavy atom. The fraction of sp³-hybridized carbons (Fsp3) is 0.500. The molecule has 0 aromatic heterocycles. The number of benzene rings is 1. The zero-order valence-electron chi connectivity index (χ0n) is 9.59. The van der Waals surface area contributed by atoms with E-state index in [0.717, 1.165) is 0 Å². The summed E-state index contributed by atoms with van der Waals surface area (Å²) in [6, 6.07) is 10.8. The van der Waals surface area contributed by atoms with Crippen molar-refractivity contribution in [3.63, 3.8) is 0 Å². The van der Waals surface area contributed by atoms with Crippen LogP contribution in [-0.4, -0.2) is 9.52 Å². The van der Waals surface area contributed by atoms with E-state index in [0.29, 0.717) is 5.04 Å². The van der Waals surface area contributed by atoms with Gasteiger partial charge < -0.3 is 0 Å². The zero-order valence-corrected chi connectivity index (χ0v) is 11.0. The molecular weight excluding hydrogens is 172 g/mol. The maximum Gasteiger partial charge on any atom is 0.0601 e. The van der Waals surface area contributed by atoms with Crippen LogP contribution >= 0.6 is 0 Å². The van der Waals surface area contributed by atoms with E-state index in [1.54, 1.807) is 5.19 Å². The van der Waals surface area contributed by atoms with E-state index in [4.69, 9.17) is 0 Å². The molecule has 0 heterocycles. The topological polar surface area (TPSA) is 0 Å². The smallest absolute Gasteiger partial charge is 0.0601 e. The summed E-state index contributed by atoms with van der Waals surface area (Å²) in [4.78, 5) is 0. The highest BCUT2D eigenvalue weighted by atomic mass is 28.2. The van der Waals surface area contributed by atoms with Crippen molar-refractivity contribution in [2.24, 2.45) is 0 Å². The third-order valence-electron chi connectivity index (χ3n) is 1.58. The Bertz CT molecular complexity index is 208. The number of hydrogen-bond acceptors (Lipinski definition) is 0. The lowest BCUT2D eigenvalue weighted by molar-refractivity contribution is 0.759. The van der Waals surface area contributed by atoms with Crippen LogP contribution in [0, 0.1) is 0 Å². The van der Waals surface area contributed by atoms with Crippen LogP contribution in [0.15, 0.2) is 30.3 Å². The second-order valence-corrected chi connectivity index (χ2v) is 7.51. The van der Waals surface area contributed by atoms with Gasteiger partial charge in [-0.15, -0.1) is 0 Å². The Morgan fingerprint density at radius 1 is 0.923 bits per heavy atom. The van der Waals surface area contributed by atoms with Gasteiger partial charge in [0, 0.05) is 0 Å². The van der Waals surface area contributed by atoms with Crippen molar-refractivity contribution in [2.75, 3.05) is 0 Å². The standard InChI is InChI=1S/C10H16Si.C2H6/c1-10(2,3)11-9-7-5-4-6-8-9;1-2/h4-8H,11H2,1-3H3;1-2H3. The molecule has 0 spiro atoms. The van der Waals surface area contributed by atoms with Crippen molar-refractivity contribution in [1.29, 1.82) is 0 Å². The van der Waals surface area contributed by atoms with E-state index < -0.39 is 0 Å². The van der Waals surface area contributed by atoms with Crippen LogP contribution in [0.1, 0.15) is 34.6 Å². The molecule has 1 rings (SSSR count). The molecule has 0 atom stereocenters. The number of hydrogen-bond donors (Lipinski definition) is 0. The van der Waals surface area contributed by atoms with Gasteiger partial charge in [-0.3, -0.25) is 0 Å². The van der Waals surface area contributed by atoms with Crippen molar-refractivity contribution in [2.45, 2.75) is 39.7 Å². The first-order valence-corrected chi connectivity index (χ1v) is 6.53. The molecule has 0 nitrogen and oxygen atoms in total. The van der Waals surface area contributed by atoms with Crippen LogP contribution in [0.3, 0.4) is 0 Å². The Labute approximate surface area is 85.2 Å². The van der Waals surface area contributed by atoms with Gasteiger partial charge in [0.15, 0.2) is 0 Å². The lowest BCUT2D eigenvalue weighted by Crippen LogP contribution is -2.22. The molecule has 0 radical (unpaired) electrons. The van der Waals surface area contributed by atoms with Crippen LogP contribution in [0.5, 0.6) is 0 Å². The molecule has 0 aliphatic rings. The molecule has 0 N–H and O–H groups in total. The monoisotopic (exact) mass is 194 g/mol. The summed E-state index contributed by atoms with van der Waals surface area (Å²) >= 11 is 0. The van der Waals surface area contributed by atoms with Gasteiger partial charge in [0.05, 0.1) is 9.52 Å². The minimum atomic E-state index is -0.0731. The van der Waals surface area contributed by atoms with Crippen LogP contribution in [0.25, 0.3) is 0 Å². The maximum atomic E-state index is 2.33. The van der Waals surface area contributed by atoms with E-state index in [1.807, 2.05) is 13.8 Å². The summed E-state index contributed by atoms with van der Waals surface area (Å²) in [5.41, 5.74) is 0. The van der Waals surface area contributed by atoms with Crippen molar-refractivity contribution in [1.82, 2.24) is 0 Å². The normalized spacial score (nSPS) is 11.2. The lowest BCUT2D eigenvalue weighted by atomic mass is 10.2. The minimum absolute atomic E-state index is 0.0731. The summed E-state index contributed by atoms with van der Waals surface area (Å²) in [6.07, 6.45) is 0. The van der Waals surface area contributed by atoms with Gasteiger partial charge in [-0.25, -0.2) is 0 Å². The van der Waals surface area contributed by atoms with Crippen molar-refractivity contribution >= 4 is 14.7 Å². The molecule has 1 aromatic rings. The fourth-order valence-corrected chi connectivity index (χ4v) is 2.94. The van der Waals surface area contributed by atoms with Gasteiger partial charge in [-0.05, 0) is 5.04 Å². The average molecular weight is 194 g/mol. The highest BCUT2D eigenvalue weighted by Gasteiger charge is 2.10. The van der Waals surface area contributed by atoms with Crippen LogP contribution in [0.4, 0.5) is 0 Å². The summed E-state index contributed by atoms with van der Waals surface area (Å²) in [6.45, 7) is 11.0. The Morgan fingerprint density at radius 3 is 1.77 bits per heavy atom. The summed E-state index contributed by atoms with van der Waals surface area (Å²) in [5.74, 6) is 0. The van der Waals surface area contributed by atoms with Gasteiger partial charge in [-0.2, -0.15) is 0 Å². The minimum Gasteiger partial charge on any atom is -0.0683 e. The molecule has 1 heteroatoms. The van der Waals surface area contributed by atoms with Gasteiger partial charge in [0.1, 0.15) is 0 Å². The van der Waals surface area contributed by atoms with Gasteiger partial charge in [0.25, 0.3) is 0 Å². The third kappa shape index (κ3) is 6.58. The zero-order chi connectivity index (χ0) is 10.3. The second-order valence-electron chi connectivity index (χ2n) is 4.22. The first kappa shape index (κ1) is 12.4. The first-order chi connectivity index (χ1) is 6.08. The fourth-order valence-electron chi connectivity index (χ4n) is 1.21. The van der Waals surface area contributed by atoms with Crippen molar-refractivity contribution in [3.8, 4) is 0 Å². The molecule has 13 heavy (non-hydrogen) atoms. The summed E-state index contributed by atoms with van der Waals surface area (Å²) < 4.78 is 0. The Balaban J connectivity index is 0.000000671. The van der Waals surface area contributed by atoms with E-state index in [9.17, 15) is 0 Å². The molecule has 0 fully saturated rings. The van der Waals surface area contributed by atoms with E-state index >= 15 is 0 Å². The molecular formula is C12H22Si. The van der Waals surface area contributed by atoms with E-state index in [-0.39, 0.29) is 9.52 Å². The van der Waals surface area contributed by atoms with Gasteiger partial charge in [0.2, 0.25) is 0 Å². The van der Waals surface area contributed by atoms with Gasteiger partial charge in [-0.1, -0.05) is 70.1 Å². The highest BCUT2D eigenvalue weighted by Crippen LogP contribution is 2.19. The highest BCUT2D eigenvalue weighted by molar-refractivity contribution is 6.56. The van der Waals surface area contributed by atoms with Crippen LogP contribution < -0.4 is 5.19 Å². The van der Waals surface area contributed by atoms with Crippen molar-refractivity contribution < 1.29 is 0 Å². The molecule has 0 aliphatic heterocycles. The number of rotatable bonds is 1. The predicted octanol–water partition coefficient (Wildman–Crippen LogP) is 2.73. The lowest BCUT2D eigenvalue weighted by Gasteiger charge is -2.16. The average Bonchev–Trinajstić information content (AvgIpc) is 2.07. The molecule has 0 unspecified atom stereocenters. The van der Waals surface area contributed by atoms with E-state index in [2.05, 4.69) is 51.1 Å². The molecule has 0 saturated heterocycles. The quantitative estimate of drug-likeness (QED) is 0.603. The molecule has 74 valence electrons. The molecule has 0 aliphatic carbocycles. The molecule has 0 saturated carbocycles. The second kappa shape index (κ2) is 5.98. The summed E-state index contributed by atoms with van der Waals surface area (Å²) in [5, 5.41) is 2.11. The van der Waals surface area contributed by atoms with Crippen molar-refractivity contribution in [3.05, 3.63) is 30.3 Å². The van der Waals surface area contributed by atoms with E-state index in [1.165, 1.54) is 0 Å². The molecule has 0 bridgehead atoms. The molecule has 0 amide bonds. The Hall–Kier alpha value is -0.563. The predicted molar refractivity (Wildman–Crippen MR) is 65.7 cm³/mol. The Kier molecular flexibility index (Phi) is 5.72. The molecule has 1 aromatic carbocycles.